The van der Waals surface area contributed by atoms with Crippen molar-refractivity contribution in [3.05, 3.63) is 24.3 Å². The second-order valence-electron chi connectivity index (χ2n) is 6.31. The molecular formula is C17H27IN4O. The lowest BCUT2D eigenvalue weighted by molar-refractivity contribution is 0.415. The fourth-order valence-electron chi connectivity index (χ4n) is 2.98. The molecule has 5 nitrogen and oxygen atoms in total. The molecule has 1 aliphatic carbocycles. The fourth-order valence-corrected chi connectivity index (χ4v) is 2.98. The number of ether oxygens (including phenoxy) is 1. The molecule has 3 atom stereocenters. The third kappa shape index (κ3) is 4.65. The maximum Gasteiger partial charge on any atom is 0.191 e. The largest absolute Gasteiger partial charge is 0.497 e. The van der Waals surface area contributed by atoms with Gasteiger partial charge in [-0.1, -0.05) is 13.0 Å². The molecular weight excluding hydrogens is 403 g/mol. The van der Waals surface area contributed by atoms with E-state index in [1.807, 2.05) is 19.2 Å². The highest BCUT2D eigenvalue weighted by molar-refractivity contribution is 14.0. The standard InChI is InChI=1S/C17H26N4O.HI/c1-12-9-16(12)20-17(18-2)19-13-7-8-21(11-13)14-5-4-6-15(10-14)22-3;/h4-6,10,12-13,16H,7-9,11H2,1-3H3,(H2,18,19,20);1H. The first kappa shape index (κ1) is 18.2. The van der Waals surface area contributed by atoms with Crippen LogP contribution in [0, 0.1) is 5.92 Å². The Balaban J connectivity index is 0.00000192. The summed E-state index contributed by atoms with van der Waals surface area (Å²) in [5, 5.41) is 7.04. The zero-order valence-electron chi connectivity index (χ0n) is 14.1. The molecule has 1 saturated carbocycles. The van der Waals surface area contributed by atoms with Crippen molar-refractivity contribution in [1.29, 1.82) is 0 Å². The minimum absolute atomic E-state index is 0. The van der Waals surface area contributed by atoms with Crippen LogP contribution in [0.15, 0.2) is 29.3 Å². The number of methoxy groups -OCH3 is 1. The van der Waals surface area contributed by atoms with Gasteiger partial charge in [0.15, 0.2) is 5.96 Å². The number of hydrogen-bond donors (Lipinski definition) is 2. The lowest BCUT2D eigenvalue weighted by Gasteiger charge is -2.21. The summed E-state index contributed by atoms with van der Waals surface area (Å²) >= 11 is 0. The summed E-state index contributed by atoms with van der Waals surface area (Å²) in [6, 6.07) is 9.31. The van der Waals surface area contributed by atoms with Crippen LogP contribution in [0.4, 0.5) is 5.69 Å². The van der Waals surface area contributed by atoms with Gasteiger partial charge in [0, 0.05) is 44.0 Å². The average Bonchev–Trinajstić information content (AvgIpc) is 3.04. The number of rotatable bonds is 4. The first-order chi connectivity index (χ1) is 10.7. The molecule has 1 aromatic rings. The van der Waals surface area contributed by atoms with Crippen LogP contribution in [0.3, 0.4) is 0 Å². The second kappa shape index (κ2) is 8.08. The van der Waals surface area contributed by atoms with E-state index in [1.165, 1.54) is 12.1 Å². The van der Waals surface area contributed by atoms with Gasteiger partial charge in [0.2, 0.25) is 0 Å². The van der Waals surface area contributed by atoms with Gasteiger partial charge < -0.3 is 20.3 Å². The summed E-state index contributed by atoms with van der Waals surface area (Å²) in [6.07, 6.45) is 2.37. The first-order valence-corrected chi connectivity index (χ1v) is 8.08. The van der Waals surface area contributed by atoms with Gasteiger partial charge in [0.05, 0.1) is 7.11 Å². The number of nitrogens with zero attached hydrogens (tertiary/aromatic N) is 2. The predicted octanol–water partition coefficient (Wildman–Crippen LogP) is 2.47. The van der Waals surface area contributed by atoms with Crippen molar-refractivity contribution in [2.24, 2.45) is 10.9 Å². The molecule has 0 amide bonds. The number of nitrogens with one attached hydrogen (secondary N) is 2. The smallest absolute Gasteiger partial charge is 0.191 e. The Labute approximate surface area is 155 Å². The number of guanidine groups is 1. The monoisotopic (exact) mass is 430 g/mol. The predicted molar refractivity (Wildman–Crippen MR) is 106 cm³/mol. The number of hydrogen-bond acceptors (Lipinski definition) is 3. The molecule has 2 N–H and O–H groups in total. The van der Waals surface area contributed by atoms with Crippen molar-refractivity contribution in [1.82, 2.24) is 10.6 Å². The number of anilines is 1. The normalized spacial score (nSPS) is 26.5. The van der Waals surface area contributed by atoms with Crippen molar-refractivity contribution in [2.45, 2.75) is 31.8 Å². The minimum atomic E-state index is 0. The Hall–Kier alpha value is -1.18. The van der Waals surface area contributed by atoms with Crippen LogP contribution >= 0.6 is 24.0 Å². The lowest BCUT2D eigenvalue weighted by Crippen LogP contribution is -2.45. The molecule has 3 unspecified atom stereocenters. The van der Waals surface area contributed by atoms with Gasteiger partial charge in [-0.15, -0.1) is 24.0 Å². The molecule has 1 heterocycles. The van der Waals surface area contributed by atoms with Crippen LogP contribution in [0.25, 0.3) is 0 Å². The third-order valence-electron chi connectivity index (χ3n) is 4.60. The van der Waals surface area contributed by atoms with Crippen LogP contribution in [0.2, 0.25) is 0 Å². The van der Waals surface area contributed by atoms with Crippen molar-refractivity contribution in [3.63, 3.8) is 0 Å². The van der Waals surface area contributed by atoms with Crippen molar-refractivity contribution >= 4 is 35.6 Å². The van der Waals surface area contributed by atoms with E-state index in [2.05, 4.69) is 39.6 Å². The molecule has 1 aliphatic heterocycles. The highest BCUT2D eigenvalue weighted by Crippen LogP contribution is 2.29. The zero-order chi connectivity index (χ0) is 15.5. The Bertz CT molecular complexity index is 551. The van der Waals surface area contributed by atoms with Gasteiger partial charge >= 0.3 is 0 Å². The van der Waals surface area contributed by atoms with Crippen molar-refractivity contribution in [2.75, 3.05) is 32.1 Å². The van der Waals surface area contributed by atoms with Gasteiger partial charge in [-0.25, -0.2) is 0 Å². The Morgan fingerprint density at radius 2 is 2.13 bits per heavy atom. The van der Waals surface area contributed by atoms with Crippen LogP contribution in [-0.4, -0.2) is 45.3 Å². The summed E-state index contributed by atoms with van der Waals surface area (Å²) in [6.45, 7) is 4.32. The Morgan fingerprint density at radius 3 is 2.78 bits per heavy atom. The van der Waals surface area contributed by atoms with Crippen LogP contribution < -0.4 is 20.3 Å². The van der Waals surface area contributed by atoms with Crippen LogP contribution in [0.1, 0.15) is 19.8 Å². The van der Waals surface area contributed by atoms with E-state index in [9.17, 15) is 0 Å². The molecule has 3 rings (SSSR count). The molecule has 23 heavy (non-hydrogen) atoms. The first-order valence-electron chi connectivity index (χ1n) is 8.08. The second-order valence-corrected chi connectivity index (χ2v) is 6.31. The maximum absolute atomic E-state index is 5.31. The van der Waals surface area contributed by atoms with Crippen LogP contribution in [-0.2, 0) is 0 Å². The Morgan fingerprint density at radius 1 is 1.35 bits per heavy atom. The topological polar surface area (TPSA) is 48.9 Å². The molecule has 1 aromatic carbocycles. The summed E-state index contributed by atoms with van der Waals surface area (Å²) < 4.78 is 5.31. The minimum Gasteiger partial charge on any atom is -0.497 e. The molecule has 0 aromatic heterocycles. The van der Waals surface area contributed by atoms with E-state index < -0.39 is 0 Å². The highest BCUT2D eigenvalue weighted by Gasteiger charge is 2.34. The van der Waals surface area contributed by atoms with Gasteiger partial charge in [0.25, 0.3) is 0 Å². The summed E-state index contributed by atoms with van der Waals surface area (Å²) in [5.74, 6) is 2.62. The van der Waals surface area contributed by atoms with E-state index in [0.717, 1.165) is 37.1 Å². The number of aliphatic imine (C=N–C) groups is 1. The van der Waals surface area contributed by atoms with Gasteiger partial charge in [0.1, 0.15) is 5.75 Å². The van der Waals surface area contributed by atoms with Gasteiger partial charge in [-0.3, -0.25) is 4.99 Å². The number of halogens is 1. The van der Waals surface area contributed by atoms with E-state index in [-0.39, 0.29) is 24.0 Å². The fraction of sp³-hybridized carbons (Fsp3) is 0.588. The summed E-state index contributed by atoms with van der Waals surface area (Å²) in [4.78, 5) is 6.74. The molecule has 0 radical (unpaired) electrons. The molecule has 2 aliphatic rings. The summed E-state index contributed by atoms with van der Waals surface area (Å²) in [7, 11) is 3.55. The molecule has 2 fully saturated rings. The molecule has 0 spiro atoms. The quantitative estimate of drug-likeness (QED) is 0.438. The Kier molecular flexibility index (Phi) is 6.38. The molecule has 6 heteroatoms. The zero-order valence-corrected chi connectivity index (χ0v) is 16.4. The van der Waals surface area contributed by atoms with E-state index in [4.69, 9.17) is 4.74 Å². The number of benzene rings is 1. The molecule has 128 valence electrons. The summed E-state index contributed by atoms with van der Waals surface area (Å²) in [5.41, 5.74) is 1.22. The third-order valence-corrected chi connectivity index (χ3v) is 4.60. The molecule has 1 saturated heterocycles. The lowest BCUT2D eigenvalue weighted by atomic mass is 10.2. The van der Waals surface area contributed by atoms with Crippen LogP contribution in [0.5, 0.6) is 5.75 Å². The SMILES string of the molecule is CN=C(NC1CCN(c2cccc(OC)c2)C1)NC1CC1C.I. The van der Waals surface area contributed by atoms with Gasteiger partial charge in [-0.2, -0.15) is 0 Å². The highest BCUT2D eigenvalue weighted by atomic mass is 127. The molecule has 0 bridgehead atoms. The van der Waals surface area contributed by atoms with E-state index in [0.29, 0.717) is 12.1 Å². The van der Waals surface area contributed by atoms with Crippen molar-refractivity contribution in [3.8, 4) is 5.75 Å². The van der Waals surface area contributed by atoms with Gasteiger partial charge in [-0.05, 0) is 30.9 Å². The van der Waals surface area contributed by atoms with Crippen molar-refractivity contribution < 1.29 is 4.74 Å². The van der Waals surface area contributed by atoms with E-state index in [1.54, 1.807) is 7.11 Å². The maximum atomic E-state index is 5.31. The van der Waals surface area contributed by atoms with E-state index >= 15 is 0 Å². The average molecular weight is 430 g/mol.